The number of benzene rings is 1. The number of nitrogen functional groups attached to an aromatic ring is 1. The molecule has 0 aliphatic carbocycles. The number of hydrogen-bond acceptors (Lipinski definition) is 3. The van der Waals surface area contributed by atoms with Crippen molar-refractivity contribution in [1.29, 1.82) is 0 Å². The van der Waals surface area contributed by atoms with Gasteiger partial charge in [-0.05, 0) is 50.2 Å². The van der Waals surface area contributed by atoms with E-state index in [1.54, 1.807) is 0 Å². The van der Waals surface area contributed by atoms with Gasteiger partial charge in [-0.3, -0.25) is 4.90 Å². The zero-order chi connectivity index (χ0) is 12.6. The van der Waals surface area contributed by atoms with Crippen LogP contribution in [0.4, 0.5) is 5.69 Å². The summed E-state index contributed by atoms with van der Waals surface area (Å²) < 4.78 is 5.74. The minimum absolute atomic E-state index is 0.768. The molecule has 1 aliphatic heterocycles. The average Bonchev–Trinajstić information content (AvgIpc) is 2.34. The Hall–Kier alpha value is -1.22. The van der Waals surface area contributed by atoms with E-state index in [9.17, 15) is 0 Å². The maximum atomic E-state index is 5.74. The summed E-state index contributed by atoms with van der Waals surface area (Å²) in [5.41, 5.74) is 6.42. The molecule has 0 aromatic heterocycles. The van der Waals surface area contributed by atoms with Crippen LogP contribution in [0.3, 0.4) is 0 Å². The largest absolute Gasteiger partial charge is 0.492 e. The van der Waals surface area contributed by atoms with Crippen LogP contribution in [0.2, 0.25) is 0 Å². The monoisotopic (exact) mass is 248 g/mol. The van der Waals surface area contributed by atoms with Gasteiger partial charge in [0.2, 0.25) is 0 Å². The van der Waals surface area contributed by atoms with E-state index in [0.29, 0.717) is 0 Å². The molecular formula is C15H24N2O. The van der Waals surface area contributed by atoms with Gasteiger partial charge in [0.15, 0.2) is 0 Å². The molecule has 1 aromatic rings. The smallest absolute Gasteiger partial charge is 0.119 e. The van der Waals surface area contributed by atoms with Crippen molar-refractivity contribution in [2.75, 3.05) is 32.0 Å². The molecule has 0 unspecified atom stereocenters. The highest BCUT2D eigenvalue weighted by atomic mass is 16.5. The number of rotatable bonds is 4. The quantitative estimate of drug-likeness (QED) is 0.833. The molecule has 0 bridgehead atoms. The van der Waals surface area contributed by atoms with Crippen molar-refractivity contribution in [3.05, 3.63) is 24.3 Å². The van der Waals surface area contributed by atoms with Crippen LogP contribution in [0.1, 0.15) is 32.1 Å². The Bertz CT molecular complexity index is 329. The van der Waals surface area contributed by atoms with Gasteiger partial charge in [-0.25, -0.2) is 0 Å². The second-order valence-electron chi connectivity index (χ2n) is 5.03. The molecule has 1 heterocycles. The minimum atomic E-state index is 0.768. The number of ether oxygens (including phenoxy) is 1. The minimum Gasteiger partial charge on any atom is -0.492 e. The van der Waals surface area contributed by atoms with Crippen molar-refractivity contribution in [2.24, 2.45) is 0 Å². The van der Waals surface area contributed by atoms with Crippen LogP contribution in [0.15, 0.2) is 24.3 Å². The molecule has 0 amide bonds. The molecule has 0 atom stereocenters. The molecule has 1 aromatic carbocycles. The van der Waals surface area contributed by atoms with Crippen molar-refractivity contribution in [1.82, 2.24) is 4.90 Å². The first kappa shape index (κ1) is 13.2. The molecule has 0 radical (unpaired) electrons. The Balaban J connectivity index is 1.68. The summed E-state index contributed by atoms with van der Waals surface area (Å²) in [4.78, 5) is 2.52. The van der Waals surface area contributed by atoms with Gasteiger partial charge in [0.25, 0.3) is 0 Å². The first-order valence-electron chi connectivity index (χ1n) is 7.05. The van der Waals surface area contributed by atoms with E-state index in [0.717, 1.165) is 24.6 Å². The standard InChI is InChI=1S/C15H24N2O/c16-14-6-8-15(9-7-14)18-13-12-17-10-4-2-1-3-5-11-17/h6-9H,1-5,10-13,16H2. The van der Waals surface area contributed by atoms with Gasteiger partial charge in [0, 0.05) is 12.2 Å². The topological polar surface area (TPSA) is 38.5 Å². The molecule has 1 saturated heterocycles. The first-order chi connectivity index (χ1) is 8.84. The normalized spacial score (nSPS) is 18.0. The molecule has 18 heavy (non-hydrogen) atoms. The Morgan fingerprint density at radius 1 is 0.944 bits per heavy atom. The fourth-order valence-electron chi connectivity index (χ4n) is 2.39. The highest BCUT2D eigenvalue weighted by molar-refractivity contribution is 5.41. The number of nitrogens with two attached hydrogens (primary N) is 1. The molecule has 1 fully saturated rings. The third-order valence-corrected chi connectivity index (χ3v) is 3.51. The van der Waals surface area contributed by atoms with E-state index in [2.05, 4.69) is 4.90 Å². The van der Waals surface area contributed by atoms with E-state index in [4.69, 9.17) is 10.5 Å². The van der Waals surface area contributed by atoms with Crippen LogP contribution in [0, 0.1) is 0 Å². The molecule has 2 rings (SSSR count). The van der Waals surface area contributed by atoms with Crippen LogP contribution in [0.25, 0.3) is 0 Å². The fourth-order valence-corrected chi connectivity index (χ4v) is 2.39. The van der Waals surface area contributed by atoms with E-state index >= 15 is 0 Å². The van der Waals surface area contributed by atoms with Crippen molar-refractivity contribution in [3.63, 3.8) is 0 Å². The Labute approximate surface area is 110 Å². The van der Waals surface area contributed by atoms with Gasteiger partial charge < -0.3 is 10.5 Å². The average molecular weight is 248 g/mol. The van der Waals surface area contributed by atoms with Crippen molar-refractivity contribution in [2.45, 2.75) is 32.1 Å². The van der Waals surface area contributed by atoms with Crippen LogP contribution in [-0.2, 0) is 0 Å². The van der Waals surface area contributed by atoms with E-state index in [1.807, 2.05) is 24.3 Å². The molecule has 3 nitrogen and oxygen atoms in total. The molecule has 3 heteroatoms. The number of nitrogens with zero attached hydrogens (tertiary/aromatic N) is 1. The van der Waals surface area contributed by atoms with Gasteiger partial charge >= 0.3 is 0 Å². The SMILES string of the molecule is Nc1ccc(OCCN2CCCCCCC2)cc1. The highest BCUT2D eigenvalue weighted by Crippen LogP contribution is 2.14. The van der Waals surface area contributed by atoms with Gasteiger partial charge in [-0.2, -0.15) is 0 Å². The summed E-state index contributed by atoms with van der Waals surface area (Å²) in [6, 6.07) is 7.63. The molecule has 0 saturated carbocycles. The summed E-state index contributed by atoms with van der Waals surface area (Å²) in [6.45, 7) is 4.25. The van der Waals surface area contributed by atoms with Crippen molar-refractivity contribution < 1.29 is 4.74 Å². The number of anilines is 1. The lowest BCUT2D eigenvalue weighted by Crippen LogP contribution is -2.31. The number of likely N-dealkylation sites (tertiary alicyclic amines) is 1. The van der Waals surface area contributed by atoms with Crippen LogP contribution in [-0.4, -0.2) is 31.1 Å². The lowest BCUT2D eigenvalue weighted by molar-refractivity contribution is 0.195. The van der Waals surface area contributed by atoms with Gasteiger partial charge in [-0.15, -0.1) is 0 Å². The van der Waals surface area contributed by atoms with E-state index < -0.39 is 0 Å². The van der Waals surface area contributed by atoms with Crippen LogP contribution >= 0.6 is 0 Å². The Kier molecular flexibility index (Phi) is 5.34. The lowest BCUT2D eigenvalue weighted by atomic mass is 10.1. The Morgan fingerprint density at radius 3 is 2.22 bits per heavy atom. The third-order valence-electron chi connectivity index (χ3n) is 3.51. The summed E-state index contributed by atoms with van der Waals surface area (Å²) >= 11 is 0. The molecule has 0 spiro atoms. The zero-order valence-electron chi connectivity index (χ0n) is 11.1. The maximum Gasteiger partial charge on any atom is 0.119 e. The predicted octanol–water partition coefficient (Wildman–Crippen LogP) is 2.91. The summed E-state index contributed by atoms with van der Waals surface area (Å²) in [6.07, 6.45) is 6.85. The van der Waals surface area contributed by atoms with Gasteiger partial charge in [0.1, 0.15) is 12.4 Å². The van der Waals surface area contributed by atoms with Gasteiger partial charge in [-0.1, -0.05) is 19.3 Å². The second-order valence-corrected chi connectivity index (χ2v) is 5.03. The zero-order valence-corrected chi connectivity index (χ0v) is 11.1. The van der Waals surface area contributed by atoms with Crippen molar-refractivity contribution >= 4 is 5.69 Å². The Morgan fingerprint density at radius 2 is 1.56 bits per heavy atom. The second kappa shape index (κ2) is 7.27. The van der Waals surface area contributed by atoms with E-state index in [1.165, 1.54) is 45.2 Å². The molecule has 100 valence electrons. The summed E-state index contributed by atoms with van der Waals surface area (Å²) in [7, 11) is 0. The summed E-state index contributed by atoms with van der Waals surface area (Å²) in [5.74, 6) is 0.913. The molecule has 1 aliphatic rings. The van der Waals surface area contributed by atoms with Crippen LogP contribution in [0.5, 0.6) is 5.75 Å². The number of hydrogen-bond donors (Lipinski definition) is 1. The highest BCUT2D eigenvalue weighted by Gasteiger charge is 2.07. The van der Waals surface area contributed by atoms with Gasteiger partial charge in [0.05, 0.1) is 0 Å². The molecular weight excluding hydrogens is 224 g/mol. The predicted molar refractivity (Wildman–Crippen MR) is 75.9 cm³/mol. The summed E-state index contributed by atoms with van der Waals surface area (Å²) in [5, 5.41) is 0. The molecule has 2 N–H and O–H groups in total. The van der Waals surface area contributed by atoms with E-state index in [-0.39, 0.29) is 0 Å². The lowest BCUT2D eigenvalue weighted by Gasteiger charge is -2.24. The fraction of sp³-hybridized carbons (Fsp3) is 0.600. The first-order valence-corrected chi connectivity index (χ1v) is 7.05. The third kappa shape index (κ3) is 4.57. The maximum absolute atomic E-state index is 5.74. The van der Waals surface area contributed by atoms with Crippen LogP contribution < -0.4 is 10.5 Å². The van der Waals surface area contributed by atoms with Crippen molar-refractivity contribution in [3.8, 4) is 5.75 Å².